The van der Waals surface area contributed by atoms with Gasteiger partial charge in [-0.1, -0.05) is 13.8 Å². The number of aliphatic hydroxyl groups excluding tert-OH is 1. The summed E-state index contributed by atoms with van der Waals surface area (Å²) in [5.74, 6) is 0. The summed E-state index contributed by atoms with van der Waals surface area (Å²) in [4.78, 5) is 0. The Labute approximate surface area is 79.5 Å². The molecule has 0 amide bonds. The van der Waals surface area contributed by atoms with E-state index in [2.05, 4.69) is 17.6 Å². The van der Waals surface area contributed by atoms with Crippen LogP contribution >= 0.6 is 12.2 Å². The van der Waals surface area contributed by atoms with Crippen molar-refractivity contribution < 1.29 is 24.6 Å². The molecule has 0 bridgehead atoms. The normalized spacial score (nSPS) is 8.70. The minimum absolute atomic E-state index is 0. The van der Waals surface area contributed by atoms with Gasteiger partial charge in [0.25, 0.3) is 5.17 Å². The minimum Gasteiger partial charge on any atom is -0.486 e. The summed E-state index contributed by atoms with van der Waals surface area (Å²) in [5, 5.41) is 10.2. The topological polar surface area (TPSA) is 35.5 Å². The van der Waals surface area contributed by atoms with Crippen LogP contribution in [0.4, 0.5) is 0 Å². The number of hydrogen-bond acceptors (Lipinski definition) is 2. The summed E-state index contributed by atoms with van der Waals surface area (Å²) in [5.41, 5.74) is 2.60. The summed E-state index contributed by atoms with van der Waals surface area (Å²) < 4.78 is 0. The molecule has 0 aliphatic rings. The van der Waals surface area contributed by atoms with Crippen molar-refractivity contribution in [2.24, 2.45) is 0 Å². The zero-order chi connectivity index (χ0) is 7.28. The first-order valence-electron chi connectivity index (χ1n) is 2.95. The number of hydrazine groups is 1. The number of aliphatic hydroxyl groups is 1. The van der Waals surface area contributed by atoms with Gasteiger partial charge in [0.15, 0.2) is 0 Å². The van der Waals surface area contributed by atoms with Crippen LogP contribution in [0.2, 0.25) is 0 Å². The number of nitrogens with zero attached hydrogens (tertiary/aromatic N) is 1. The van der Waals surface area contributed by atoms with Crippen LogP contribution < -0.4 is 5.43 Å². The van der Waals surface area contributed by atoms with Gasteiger partial charge in [-0.15, -0.1) is 0 Å². The van der Waals surface area contributed by atoms with Gasteiger partial charge >= 0.3 is 0 Å². The zero-order valence-corrected chi connectivity index (χ0v) is 10.2. The van der Waals surface area contributed by atoms with Crippen LogP contribution in [0.15, 0.2) is 0 Å². The van der Waals surface area contributed by atoms with Gasteiger partial charge in [0.1, 0.15) is 0 Å². The quantitative estimate of drug-likeness (QED) is 0.411. The standard InChI is InChI=1S/C5H12N2OS.Zn/c1-3-7(4-2)6-5(8)9;/h3-4H2,1-2H3,(H2,6,8,9);. The van der Waals surface area contributed by atoms with E-state index in [4.69, 9.17) is 5.11 Å². The van der Waals surface area contributed by atoms with Crippen molar-refractivity contribution >= 4 is 17.4 Å². The molecule has 0 saturated carbocycles. The monoisotopic (exact) mass is 212 g/mol. The molecule has 0 aromatic carbocycles. The molecule has 2 N–H and O–H groups in total. The Morgan fingerprint density at radius 3 is 2.00 bits per heavy atom. The van der Waals surface area contributed by atoms with Crippen LogP contribution in [0.25, 0.3) is 0 Å². The summed E-state index contributed by atoms with van der Waals surface area (Å²) in [6.45, 7) is 5.62. The average molecular weight is 214 g/mol. The Morgan fingerprint density at radius 2 is 1.90 bits per heavy atom. The van der Waals surface area contributed by atoms with Crippen molar-refractivity contribution in [2.45, 2.75) is 13.8 Å². The van der Waals surface area contributed by atoms with Gasteiger partial charge < -0.3 is 5.11 Å². The molecule has 0 aliphatic heterocycles. The molecule has 0 aromatic heterocycles. The molecule has 0 unspecified atom stereocenters. The van der Waals surface area contributed by atoms with Crippen LogP contribution in [0.5, 0.6) is 0 Å². The third-order valence-corrected chi connectivity index (χ3v) is 1.11. The van der Waals surface area contributed by atoms with Gasteiger partial charge in [-0.2, -0.15) is 0 Å². The average Bonchev–Trinajstić information content (AvgIpc) is 1.82. The molecular weight excluding hydrogens is 202 g/mol. The molecule has 0 radical (unpaired) electrons. The maximum absolute atomic E-state index is 8.56. The molecule has 0 atom stereocenters. The number of hydrogen-bond donors (Lipinski definition) is 2. The SMILES string of the molecule is CCN(CC)NC(O)=S.[Zn]. The van der Waals surface area contributed by atoms with E-state index < -0.39 is 0 Å². The summed E-state index contributed by atoms with van der Waals surface area (Å²) in [6.07, 6.45) is 0. The second kappa shape index (κ2) is 7.38. The summed E-state index contributed by atoms with van der Waals surface area (Å²) >= 11 is 4.41. The fourth-order valence-corrected chi connectivity index (χ4v) is 0.646. The third kappa shape index (κ3) is 6.39. The Morgan fingerprint density at radius 1 is 1.50 bits per heavy atom. The van der Waals surface area contributed by atoms with Crippen molar-refractivity contribution in [1.29, 1.82) is 0 Å². The van der Waals surface area contributed by atoms with E-state index in [1.807, 2.05) is 18.9 Å². The molecule has 5 heteroatoms. The van der Waals surface area contributed by atoms with Crippen molar-refractivity contribution in [1.82, 2.24) is 10.4 Å². The summed E-state index contributed by atoms with van der Waals surface area (Å²) in [6, 6.07) is 0. The van der Waals surface area contributed by atoms with Gasteiger partial charge in [0, 0.05) is 32.6 Å². The summed E-state index contributed by atoms with van der Waals surface area (Å²) in [7, 11) is 0. The van der Waals surface area contributed by atoms with Gasteiger partial charge in [-0.3, -0.25) is 5.43 Å². The van der Waals surface area contributed by atoms with Crippen molar-refractivity contribution in [3.05, 3.63) is 0 Å². The molecule has 56 valence electrons. The predicted octanol–water partition coefficient (Wildman–Crippen LogP) is 0.673. The van der Waals surface area contributed by atoms with Crippen LogP contribution in [-0.2, 0) is 19.5 Å². The van der Waals surface area contributed by atoms with E-state index >= 15 is 0 Å². The molecular formula is C5H12N2OSZn. The molecule has 0 spiro atoms. The van der Waals surface area contributed by atoms with Crippen LogP contribution in [0.1, 0.15) is 13.8 Å². The van der Waals surface area contributed by atoms with Crippen molar-refractivity contribution in [3.8, 4) is 0 Å². The molecule has 0 rings (SSSR count). The van der Waals surface area contributed by atoms with Crippen LogP contribution in [0.3, 0.4) is 0 Å². The Hall–Kier alpha value is 0.273. The molecule has 0 saturated heterocycles. The maximum Gasteiger partial charge on any atom is 0.269 e. The van der Waals surface area contributed by atoms with Gasteiger partial charge in [0.2, 0.25) is 0 Å². The molecule has 0 aromatic rings. The molecule has 0 heterocycles. The first-order valence-corrected chi connectivity index (χ1v) is 3.36. The fraction of sp³-hybridized carbons (Fsp3) is 0.800. The van der Waals surface area contributed by atoms with E-state index in [9.17, 15) is 0 Å². The van der Waals surface area contributed by atoms with E-state index in [-0.39, 0.29) is 24.7 Å². The second-order valence-electron chi connectivity index (χ2n) is 1.59. The molecule has 0 aliphatic carbocycles. The zero-order valence-electron chi connectivity index (χ0n) is 6.42. The Kier molecular flexibility index (Phi) is 9.53. The fourth-order valence-electron chi connectivity index (χ4n) is 0.517. The minimum atomic E-state index is -0.168. The van der Waals surface area contributed by atoms with Crippen LogP contribution in [0, 0.1) is 0 Å². The molecule has 0 fully saturated rings. The predicted molar refractivity (Wildman–Crippen MR) is 41.3 cm³/mol. The van der Waals surface area contributed by atoms with Gasteiger partial charge in [0.05, 0.1) is 0 Å². The first kappa shape index (κ1) is 12.9. The number of rotatable bonds is 3. The Balaban J connectivity index is 0. The smallest absolute Gasteiger partial charge is 0.269 e. The largest absolute Gasteiger partial charge is 0.486 e. The second-order valence-corrected chi connectivity index (χ2v) is 1.98. The van der Waals surface area contributed by atoms with E-state index in [1.54, 1.807) is 0 Å². The third-order valence-electron chi connectivity index (χ3n) is 1.02. The number of nitrogens with one attached hydrogen (secondary N) is 1. The van der Waals surface area contributed by atoms with Crippen LogP contribution in [-0.4, -0.2) is 28.4 Å². The number of thiocarbonyl (C=S) groups is 1. The van der Waals surface area contributed by atoms with Crippen molar-refractivity contribution in [3.63, 3.8) is 0 Å². The molecule has 3 nitrogen and oxygen atoms in total. The van der Waals surface area contributed by atoms with Gasteiger partial charge in [-0.05, 0) is 12.2 Å². The van der Waals surface area contributed by atoms with Crippen molar-refractivity contribution in [2.75, 3.05) is 13.1 Å². The maximum atomic E-state index is 8.56. The Bertz CT molecular complexity index is 97.6. The van der Waals surface area contributed by atoms with E-state index in [0.717, 1.165) is 13.1 Å². The molecule has 10 heavy (non-hydrogen) atoms. The van der Waals surface area contributed by atoms with E-state index in [0.29, 0.717) is 0 Å². The van der Waals surface area contributed by atoms with Gasteiger partial charge in [-0.25, -0.2) is 5.01 Å². The van der Waals surface area contributed by atoms with E-state index in [1.165, 1.54) is 0 Å². The first-order chi connectivity index (χ1) is 4.20.